The number of nitrogens with one attached hydrogen (secondary N) is 1. The Morgan fingerprint density at radius 1 is 1.14 bits per heavy atom. The maximum absolute atomic E-state index is 12.5. The minimum absolute atomic E-state index is 0.00832. The van der Waals surface area contributed by atoms with Gasteiger partial charge in [-0.05, 0) is 35.9 Å². The molecule has 1 aromatic carbocycles. The fourth-order valence-corrected chi connectivity index (χ4v) is 3.65. The van der Waals surface area contributed by atoms with Crippen molar-refractivity contribution in [3.05, 3.63) is 45.3 Å². The molecular weight excluding hydrogens is 384 g/mol. The highest BCUT2D eigenvalue weighted by atomic mass is 35.5. The molecule has 1 aliphatic rings. The van der Waals surface area contributed by atoms with Crippen molar-refractivity contribution in [1.29, 1.82) is 0 Å². The first kappa shape index (κ1) is 22.5. The molecule has 2 unspecified atom stereocenters. The smallest absolute Gasteiger partial charge is 0.223 e. The molecule has 0 aromatic heterocycles. The number of azide groups is 1. The first-order valence-corrected chi connectivity index (χ1v) is 9.88. The molecule has 1 fully saturated rings. The number of carbonyl (C=O) groups excluding carboxylic acids is 1. The van der Waals surface area contributed by atoms with Gasteiger partial charge < -0.3 is 19.5 Å². The lowest BCUT2D eigenvalue weighted by Crippen LogP contribution is -2.34. The first-order valence-electron chi connectivity index (χ1n) is 9.50. The Morgan fingerprint density at radius 2 is 1.86 bits per heavy atom. The second kappa shape index (κ2) is 13.4. The molecule has 1 amide bonds. The van der Waals surface area contributed by atoms with Crippen molar-refractivity contribution in [2.45, 2.75) is 25.2 Å². The molecule has 2 atom stereocenters. The summed E-state index contributed by atoms with van der Waals surface area (Å²) in [6, 6.07) is 7.78. The van der Waals surface area contributed by atoms with Gasteiger partial charge in [0.05, 0.1) is 33.0 Å². The summed E-state index contributed by atoms with van der Waals surface area (Å²) < 4.78 is 15.8. The first-order chi connectivity index (χ1) is 13.7. The molecule has 28 heavy (non-hydrogen) atoms. The van der Waals surface area contributed by atoms with Crippen molar-refractivity contribution in [3.63, 3.8) is 0 Å². The maximum Gasteiger partial charge on any atom is 0.223 e. The lowest BCUT2D eigenvalue weighted by atomic mass is 9.88. The highest BCUT2D eigenvalue weighted by Gasteiger charge is 2.34. The van der Waals surface area contributed by atoms with Crippen molar-refractivity contribution in [2.24, 2.45) is 11.0 Å². The van der Waals surface area contributed by atoms with Crippen molar-refractivity contribution >= 4 is 17.5 Å². The fourth-order valence-electron chi connectivity index (χ4n) is 3.37. The molecule has 1 N–H and O–H groups in total. The van der Waals surface area contributed by atoms with Gasteiger partial charge >= 0.3 is 0 Å². The summed E-state index contributed by atoms with van der Waals surface area (Å²) >= 11 is 6.31. The summed E-state index contributed by atoms with van der Waals surface area (Å²) in [6.45, 7) is 2.57. The molecule has 154 valence electrons. The van der Waals surface area contributed by atoms with E-state index in [1.165, 1.54) is 0 Å². The van der Waals surface area contributed by atoms with E-state index in [9.17, 15) is 4.79 Å². The van der Waals surface area contributed by atoms with Crippen LogP contribution in [0.15, 0.2) is 29.4 Å². The van der Waals surface area contributed by atoms with Gasteiger partial charge in [0.1, 0.15) is 6.73 Å². The quantitative estimate of drug-likeness (QED) is 0.232. The van der Waals surface area contributed by atoms with Crippen LogP contribution in [-0.4, -0.2) is 52.2 Å². The van der Waals surface area contributed by atoms with Gasteiger partial charge in [-0.3, -0.25) is 4.79 Å². The average molecular weight is 411 g/mol. The Hall–Kier alpha value is -1.83. The van der Waals surface area contributed by atoms with Gasteiger partial charge in [-0.15, -0.1) is 0 Å². The molecule has 0 saturated heterocycles. The monoisotopic (exact) mass is 410 g/mol. The third-order valence-electron chi connectivity index (χ3n) is 4.66. The van der Waals surface area contributed by atoms with Crippen molar-refractivity contribution in [1.82, 2.24) is 5.32 Å². The summed E-state index contributed by atoms with van der Waals surface area (Å²) in [5, 5.41) is 6.95. The summed E-state index contributed by atoms with van der Waals surface area (Å²) in [4.78, 5) is 15.1. The van der Waals surface area contributed by atoms with E-state index in [2.05, 4.69) is 15.3 Å². The van der Waals surface area contributed by atoms with Gasteiger partial charge in [0.15, 0.2) is 0 Å². The van der Waals surface area contributed by atoms with Gasteiger partial charge in [0.25, 0.3) is 0 Å². The number of halogens is 1. The van der Waals surface area contributed by atoms with Crippen LogP contribution in [-0.2, 0) is 19.0 Å². The van der Waals surface area contributed by atoms with Crippen LogP contribution in [0.1, 0.15) is 30.7 Å². The summed E-state index contributed by atoms with van der Waals surface area (Å²) in [6.07, 6.45) is 2.91. The fraction of sp³-hybridized carbons (Fsp3) is 0.632. The number of benzene rings is 1. The number of hydrogen-bond acceptors (Lipinski definition) is 5. The lowest BCUT2D eigenvalue weighted by molar-refractivity contribution is -0.125. The molecular formula is C19H27ClN4O4. The van der Waals surface area contributed by atoms with Crippen LogP contribution in [0.25, 0.3) is 10.4 Å². The standard InChI is InChI=1S/C19H27ClN4O4/c20-18-7-2-1-4-16(18)15-5-3-6-17(15)19(25)22-8-9-26-10-11-27-12-13-28-14-23-24-21/h1-2,4,7,15,17H,3,5-6,8-14H2,(H,22,25). The number of nitrogens with zero attached hydrogens (tertiary/aromatic N) is 3. The Balaban J connectivity index is 1.55. The van der Waals surface area contributed by atoms with E-state index in [-0.39, 0.29) is 24.5 Å². The Morgan fingerprint density at radius 3 is 2.61 bits per heavy atom. The van der Waals surface area contributed by atoms with Gasteiger partial charge in [-0.1, -0.05) is 41.3 Å². The molecule has 1 aromatic rings. The minimum Gasteiger partial charge on any atom is -0.377 e. The predicted molar refractivity (Wildman–Crippen MR) is 106 cm³/mol. The molecule has 0 bridgehead atoms. The summed E-state index contributed by atoms with van der Waals surface area (Å²) in [7, 11) is 0. The van der Waals surface area contributed by atoms with Crippen LogP contribution in [0.5, 0.6) is 0 Å². The number of ether oxygens (including phenoxy) is 3. The molecule has 2 rings (SSSR count). The third kappa shape index (κ3) is 7.66. The van der Waals surface area contributed by atoms with Crippen molar-refractivity contribution < 1.29 is 19.0 Å². The van der Waals surface area contributed by atoms with Crippen LogP contribution < -0.4 is 5.32 Å². The molecule has 0 spiro atoms. The van der Waals surface area contributed by atoms with Gasteiger partial charge in [0.2, 0.25) is 5.91 Å². The lowest BCUT2D eigenvalue weighted by Gasteiger charge is -2.20. The van der Waals surface area contributed by atoms with E-state index in [0.717, 1.165) is 29.8 Å². The van der Waals surface area contributed by atoms with E-state index in [4.69, 9.17) is 31.3 Å². The molecule has 8 nitrogen and oxygen atoms in total. The van der Waals surface area contributed by atoms with Crippen LogP contribution >= 0.6 is 11.6 Å². The normalized spacial score (nSPS) is 18.6. The average Bonchev–Trinajstić information content (AvgIpc) is 3.18. The maximum atomic E-state index is 12.5. The van der Waals surface area contributed by atoms with E-state index in [1.54, 1.807) is 0 Å². The highest BCUT2D eigenvalue weighted by molar-refractivity contribution is 6.31. The van der Waals surface area contributed by atoms with Crippen LogP contribution in [0.2, 0.25) is 5.02 Å². The topological polar surface area (TPSA) is 106 Å². The van der Waals surface area contributed by atoms with E-state index < -0.39 is 0 Å². The van der Waals surface area contributed by atoms with Gasteiger partial charge in [0, 0.05) is 22.4 Å². The largest absolute Gasteiger partial charge is 0.377 e. The van der Waals surface area contributed by atoms with E-state index in [1.807, 2.05) is 24.3 Å². The molecule has 0 heterocycles. The SMILES string of the molecule is [N-]=[N+]=NCOCCOCCOCCNC(=O)C1CCCC1c1ccccc1Cl. The number of hydrogen-bond donors (Lipinski definition) is 1. The van der Waals surface area contributed by atoms with Crippen LogP contribution in [0.3, 0.4) is 0 Å². The summed E-state index contributed by atoms with van der Waals surface area (Å²) in [5.74, 6) is 0.220. The van der Waals surface area contributed by atoms with E-state index >= 15 is 0 Å². The van der Waals surface area contributed by atoms with Crippen molar-refractivity contribution in [3.8, 4) is 0 Å². The zero-order chi connectivity index (χ0) is 20.0. The van der Waals surface area contributed by atoms with Crippen molar-refractivity contribution in [2.75, 3.05) is 46.3 Å². The highest BCUT2D eigenvalue weighted by Crippen LogP contribution is 2.42. The molecule has 0 radical (unpaired) electrons. The number of amides is 1. The zero-order valence-corrected chi connectivity index (χ0v) is 16.6. The molecule has 1 saturated carbocycles. The Kier molecular flexibility index (Phi) is 10.7. The zero-order valence-electron chi connectivity index (χ0n) is 15.9. The van der Waals surface area contributed by atoms with Crippen LogP contribution in [0, 0.1) is 5.92 Å². The third-order valence-corrected chi connectivity index (χ3v) is 5.00. The Bertz CT molecular complexity index is 655. The second-order valence-electron chi connectivity index (χ2n) is 6.45. The molecule has 1 aliphatic carbocycles. The minimum atomic E-state index is -0.0337. The summed E-state index contributed by atoms with van der Waals surface area (Å²) in [5.41, 5.74) is 9.15. The second-order valence-corrected chi connectivity index (χ2v) is 6.86. The predicted octanol–water partition coefficient (Wildman–Crippen LogP) is 3.66. The Labute approximate surface area is 170 Å². The van der Waals surface area contributed by atoms with Crippen LogP contribution in [0.4, 0.5) is 0 Å². The van der Waals surface area contributed by atoms with E-state index in [0.29, 0.717) is 39.6 Å². The molecule has 9 heteroatoms. The van der Waals surface area contributed by atoms with Gasteiger partial charge in [-0.25, -0.2) is 0 Å². The molecule has 0 aliphatic heterocycles. The number of carbonyl (C=O) groups is 1. The van der Waals surface area contributed by atoms with Gasteiger partial charge in [-0.2, -0.15) is 0 Å². The number of rotatable bonds is 13.